The lowest BCUT2D eigenvalue weighted by molar-refractivity contribution is -0.450. The number of ether oxygens (including phenoxy) is 1. The van der Waals surface area contributed by atoms with Crippen molar-refractivity contribution < 1.29 is 75.4 Å². The molecule has 0 saturated carbocycles. The second-order valence-corrected chi connectivity index (χ2v) is 7.72. The van der Waals surface area contributed by atoms with Crippen LogP contribution in [0.5, 0.6) is 0 Å². The van der Waals surface area contributed by atoms with Crippen LogP contribution < -0.4 is 0 Å². The van der Waals surface area contributed by atoms with Gasteiger partial charge in [-0.3, -0.25) is 0 Å². The van der Waals surface area contributed by atoms with Crippen LogP contribution in [0.4, 0.5) is 65.9 Å². The van der Waals surface area contributed by atoms with Crippen LogP contribution >= 0.6 is 0 Å². The van der Waals surface area contributed by atoms with Crippen molar-refractivity contribution in [2.24, 2.45) is 0 Å². The molecule has 2 nitrogen and oxygen atoms in total. The molecule has 0 aliphatic carbocycles. The van der Waals surface area contributed by atoms with Crippen molar-refractivity contribution in [3.63, 3.8) is 0 Å². The average molecular weight is 554 g/mol. The van der Waals surface area contributed by atoms with Crippen molar-refractivity contribution in [3.8, 4) is 0 Å². The Hall–Kier alpha value is -1.58. The summed E-state index contributed by atoms with van der Waals surface area (Å²) < 4.78 is 200. The predicted molar refractivity (Wildman–Crippen MR) is 89.3 cm³/mol. The zero-order valence-corrected chi connectivity index (χ0v) is 18.0. The molecule has 0 fully saturated rings. The molecule has 0 aromatic rings. The number of hydrogen-bond donors (Lipinski definition) is 0. The van der Waals surface area contributed by atoms with Gasteiger partial charge in [0.15, 0.2) is 0 Å². The molecular formula is C18H21F15O2. The number of alkyl halides is 15. The van der Waals surface area contributed by atoms with Crippen molar-refractivity contribution in [1.82, 2.24) is 0 Å². The number of carbonyl (C=O) groups is 1. The number of halogens is 15. The van der Waals surface area contributed by atoms with Crippen LogP contribution in [0.3, 0.4) is 0 Å². The minimum absolute atomic E-state index is 0.146. The normalized spacial score (nSPS) is 15.8. The van der Waals surface area contributed by atoms with Crippen LogP contribution in [-0.2, 0) is 9.53 Å². The zero-order valence-electron chi connectivity index (χ0n) is 18.0. The van der Waals surface area contributed by atoms with Gasteiger partial charge in [-0.15, -0.1) is 0 Å². The molecule has 0 N–H and O–H groups in total. The molecule has 0 aromatic carbocycles. The van der Waals surface area contributed by atoms with Crippen LogP contribution in [0.1, 0.15) is 58.8 Å². The minimum atomic E-state index is -8.43. The monoisotopic (exact) mass is 554 g/mol. The Labute approximate surface area is 189 Å². The van der Waals surface area contributed by atoms with Gasteiger partial charge in [0, 0.05) is 0 Å². The third-order valence-electron chi connectivity index (χ3n) is 4.86. The molecule has 0 rings (SSSR count). The molecule has 17 heteroatoms. The second kappa shape index (κ2) is 10.8. The van der Waals surface area contributed by atoms with Gasteiger partial charge in [-0.1, -0.05) is 39.0 Å². The number of carbonyl (C=O) groups excluding carboxylic acids is 1. The lowest BCUT2D eigenvalue weighted by Gasteiger charge is -2.41. The summed E-state index contributed by atoms with van der Waals surface area (Å²) in [6.45, 7) is 2.70. The molecule has 210 valence electrons. The first-order chi connectivity index (χ1) is 15.4. The standard InChI is InChI=1S/C18H21F15O2/c1-3-4-5-6-7-8-9-10(2)35-11(34)12(19,20)13(21,22)14(23,24)15(25,26)16(27,28)17(29,30)18(31,32)33/h10H,3-9H2,1-2H3. The molecule has 0 amide bonds. The lowest BCUT2D eigenvalue weighted by atomic mass is 9.91. The topological polar surface area (TPSA) is 26.3 Å². The fourth-order valence-electron chi connectivity index (χ4n) is 2.62. The highest BCUT2D eigenvalue weighted by molar-refractivity contribution is 5.79. The van der Waals surface area contributed by atoms with E-state index in [0.29, 0.717) is 12.8 Å². The molecule has 0 bridgehead atoms. The van der Waals surface area contributed by atoms with E-state index in [4.69, 9.17) is 0 Å². The number of hydrogen-bond acceptors (Lipinski definition) is 2. The van der Waals surface area contributed by atoms with Crippen molar-refractivity contribution in [3.05, 3.63) is 0 Å². The van der Waals surface area contributed by atoms with E-state index in [1.165, 1.54) is 0 Å². The summed E-state index contributed by atoms with van der Waals surface area (Å²) in [5.74, 6) is -51.7. The SMILES string of the molecule is CCCCCCCCC(C)OC(=O)C(F)(F)C(F)(F)C(F)(F)C(F)(F)C(F)(F)C(F)(F)C(F)(F)F. The number of esters is 1. The Morgan fingerprint density at radius 3 is 1.40 bits per heavy atom. The van der Waals surface area contributed by atoms with Crippen LogP contribution in [-0.4, -0.2) is 53.8 Å². The van der Waals surface area contributed by atoms with Gasteiger partial charge in [-0.2, -0.15) is 65.9 Å². The largest absolute Gasteiger partial charge is 0.460 e. The third-order valence-corrected chi connectivity index (χ3v) is 4.86. The van der Waals surface area contributed by atoms with Gasteiger partial charge in [0.05, 0.1) is 6.10 Å². The van der Waals surface area contributed by atoms with Gasteiger partial charge in [0.1, 0.15) is 0 Å². The summed E-state index contributed by atoms with van der Waals surface area (Å²) in [4.78, 5) is 11.3. The molecule has 0 aromatic heterocycles. The van der Waals surface area contributed by atoms with E-state index in [1.54, 1.807) is 0 Å². The first-order valence-corrected chi connectivity index (χ1v) is 9.92. The summed E-state index contributed by atoms with van der Waals surface area (Å²) in [6, 6.07) is 0. The molecule has 0 saturated heterocycles. The van der Waals surface area contributed by atoms with E-state index in [9.17, 15) is 70.7 Å². The summed E-state index contributed by atoms with van der Waals surface area (Å²) in [5, 5.41) is 0. The highest BCUT2D eigenvalue weighted by atomic mass is 19.4. The molecular weight excluding hydrogens is 533 g/mol. The second-order valence-electron chi connectivity index (χ2n) is 7.72. The maximum atomic E-state index is 13.7. The fourth-order valence-corrected chi connectivity index (χ4v) is 2.62. The maximum absolute atomic E-state index is 13.7. The molecule has 0 heterocycles. The van der Waals surface area contributed by atoms with E-state index >= 15 is 0 Å². The first-order valence-electron chi connectivity index (χ1n) is 9.92. The summed E-state index contributed by atoms with van der Waals surface area (Å²) in [7, 11) is 0. The highest BCUT2D eigenvalue weighted by Crippen LogP contribution is 2.62. The zero-order chi connectivity index (χ0) is 28.3. The number of unbranched alkanes of at least 4 members (excludes halogenated alkanes) is 5. The third kappa shape index (κ3) is 6.05. The van der Waals surface area contributed by atoms with Gasteiger partial charge < -0.3 is 4.74 Å². The van der Waals surface area contributed by atoms with Crippen LogP contribution in [0, 0.1) is 0 Å². The van der Waals surface area contributed by atoms with Crippen molar-refractivity contribution in [1.29, 1.82) is 0 Å². The average Bonchev–Trinajstić information content (AvgIpc) is 2.68. The van der Waals surface area contributed by atoms with E-state index in [1.807, 2.05) is 6.92 Å². The summed E-state index contributed by atoms with van der Waals surface area (Å²) >= 11 is 0. The number of rotatable bonds is 14. The van der Waals surface area contributed by atoms with Crippen LogP contribution in [0.2, 0.25) is 0 Å². The molecule has 0 spiro atoms. The van der Waals surface area contributed by atoms with E-state index < -0.39 is 53.8 Å². The van der Waals surface area contributed by atoms with Gasteiger partial charge in [0.2, 0.25) is 0 Å². The Morgan fingerprint density at radius 1 is 0.600 bits per heavy atom. The predicted octanol–water partition coefficient (Wildman–Crippen LogP) is 8.04. The van der Waals surface area contributed by atoms with E-state index in [-0.39, 0.29) is 12.8 Å². The Balaban J connectivity index is 5.80. The molecule has 0 radical (unpaired) electrons. The smallest absolute Gasteiger partial charge is 0.458 e. The Kier molecular flexibility index (Phi) is 10.3. The molecule has 0 aliphatic rings. The van der Waals surface area contributed by atoms with Gasteiger partial charge in [0.25, 0.3) is 0 Å². The van der Waals surface area contributed by atoms with Gasteiger partial charge in [-0.25, -0.2) is 4.79 Å². The minimum Gasteiger partial charge on any atom is -0.458 e. The van der Waals surface area contributed by atoms with Crippen LogP contribution in [0.15, 0.2) is 0 Å². The van der Waals surface area contributed by atoms with Gasteiger partial charge >= 0.3 is 47.7 Å². The van der Waals surface area contributed by atoms with Gasteiger partial charge in [-0.05, 0) is 19.8 Å². The van der Waals surface area contributed by atoms with Crippen molar-refractivity contribution in [2.45, 2.75) is 107 Å². The van der Waals surface area contributed by atoms with Crippen molar-refractivity contribution in [2.75, 3.05) is 0 Å². The summed E-state index contributed by atoms with van der Waals surface area (Å²) in [6.07, 6.45) is -6.01. The quantitative estimate of drug-likeness (QED) is 0.123. The van der Waals surface area contributed by atoms with Crippen molar-refractivity contribution >= 4 is 5.97 Å². The Morgan fingerprint density at radius 2 is 0.971 bits per heavy atom. The van der Waals surface area contributed by atoms with E-state index in [2.05, 4.69) is 4.74 Å². The molecule has 1 unspecified atom stereocenters. The molecule has 35 heavy (non-hydrogen) atoms. The fraction of sp³-hybridized carbons (Fsp3) is 0.944. The Bertz CT molecular complexity index is 701. The first kappa shape index (κ1) is 33.4. The van der Waals surface area contributed by atoms with E-state index in [0.717, 1.165) is 26.2 Å². The van der Waals surface area contributed by atoms with Crippen LogP contribution in [0.25, 0.3) is 0 Å². The lowest BCUT2D eigenvalue weighted by Crippen LogP contribution is -2.73. The molecule has 1 atom stereocenters. The summed E-state index contributed by atoms with van der Waals surface area (Å²) in [5.41, 5.74) is 0. The highest BCUT2D eigenvalue weighted by Gasteiger charge is 2.94. The molecule has 0 aliphatic heterocycles. The maximum Gasteiger partial charge on any atom is 0.460 e.